The number of halogens is 3. The van der Waals surface area contributed by atoms with Gasteiger partial charge in [-0.25, -0.2) is 42.2 Å². The fourth-order valence-corrected chi connectivity index (χ4v) is 14.5. The van der Waals surface area contributed by atoms with E-state index in [1.165, 1.54) is 36.4 Å². The highest BCUT2D eigenvalue weighted by molar-refractivity contribution is 5.78. The molecule has 6 aromatic heterocycles. The Bertz CT molecular complexity index is 5410. The Hall–Kier alpha value is -12.5. The van der Waals surface area contributed by atoms with E-state index >= 15 is 0 Å². The molecule has 0 spiro atoms. The highest BCUT2D eigenvalue weighted by Crippen LogP contribution is 2.40. The number of carbonyl (C=O) groups is 3. The molecule has 6 aromatic carbocycles. The number of aliphatic hydroxyl groups excluding tert-OH is 5. The normalized spacial score (nSPS) is 14.9. The van der Waals surface area contributed by atoms with Crippen molar-refractivity contribution < 1.29 is 67.3 Å². The van der Waals surface area contributed by atoms with Gasteiger partial charge in [-0.05, 0) is 193 Å². The third kappa shape index (κ3) is 25.6. The lowest BCUT2D eigenvalue weighted by Crippen LogP contribution is -2.32. The molecule has 644 valence electrons. The molecule has 0 bridgehead atoms. The molecule has 1 aliphatic rings. The van der Waals surface area contributed by atoms with Crippen LogP contribution in [0.25, 0.3) is 56.9 Å². The molecule has 0 saturated carbocycles. The van der Waals surface area contributed by atoms with Gasteiger partial charge in [0.15, 0.2) is 0 Å². The quantitative estimate of drug-likeness (QED) is 0.0134. The molecule has 123 heavy (non-hydrogen) atoms. The molecule has 0 radical (unpaired) electrons. The molecule has 3 unspecified atom stereocenters. The Morgan fingerprint density at radius 2 is 0.870 bits per heavy atom. The third-order valence-corrected chi connectivity index (χ3v) is 21.3. The number of nitrogens with zero attached hydrogens (tertiary/aromatic N) is 9. The smallest absolute Gasteiger partial charge is 0.308 e. The first-order chi connectivity index (χ1) is 59.5. The van der Waals surface area contributed by atoms with Crippen molar-refractivity contribution in [2.75, 3.05) is 29.2 Å². The Morgan fingerprint density at radius 1 is 0.496 bits per heavy atom. The number of ether oxygens (including phenoxy) is 3. The standard InChI is InChI=1S/C33H39FN4O4.C33H37FN4O4.C31H33FN4O3/c2*1-4-22(3)32-29(16-15-27(39)20-28(40)21-31(41)42-5-2)33(23-11-13-24(34)14-12-23)38(37-32)26-17-18-35-30(19-26)36-25-9-7-6-8-10-25;1-3-20(2)30-27(14-13-26-18-25(37)19-29(38)39-26)31(21-9-11-22(32)12-10-21)36(35-30)24-15-16-33-28(17-24)34-23-7-5-4-6-8-23/h6-14,17-19,22,27-28,39-40H,4-5,15-16,20-21H2,1-3H3,(H,35,36);6-19,22,27-28,39-40H,4-5,20-21H2,1-3H3,(H,35,36);4-12,15-17,20,25-26,37H,3,13-14,18-19H2,1-2H3,(H,33,34)/b;16-15+;/t2*22?,27-,28-;20?,25-,26-/m111/s1. The largest absolute Gasteiger partial charge is 0.466 e. The second-order valence-electron chi connectivity index (χ2n) is 30.6. The number of carbonyl (C=O) groups excluding carboxylic acids is 3. The Labute approximate surface area is 715 Å². The number of nitrogens with one attached hydrogen (secondary N) is 3. The maximum atomic E-state index is 14.0. The number of hydrogen-bond acceptors (Lipinski definition) is 20. The molecule has 26 heteroatoms. The fraction of sp³-hybridized carbons (Fsp3) is 0.330. The van der Waals surface area contributed by atoms with Crippen LogP contribution in [0.3, 0.4) is 0 Å². The second kappa shape index (κ2) is 44.9. The van der Waals surface area contributed by atoms with Crippen LogP contribution < -0.4 is 16.0 Å². The molecule has 12 aromatic rings. The van der Waals surface area contributed by atoms with E-state index in [0.717, 1.165) is 121 Å². The molecule has 13 rings (SSSR count). The lowest BCUT2D eigenvalue weighted by Gasteiger charge is -2.26. The molecular formula is C97H109F3N12O11. The molecule has 1 aliphatic heterocycles. The fourth-order valence-electron chi connectivity index (χ4n) is 14.5. The Morgan fingerprint density at radius 3 is 1.27 bits per heavy atom. The van der Waals surface area contributed by atoms with Crippen LogP contribution in [0.1, 0.15) is 178 Å². The van der Waals surface area contributed by atoms with E-state index in [0.29, 0.717) is 49.6 Å². The van der Waals surface area contributed by atoms with E-state index in [1.807, 2.05) is 141 Å². The highest BCUT2D eigenvalue weighted by Gasteiger charge is 2.32. The summed E-state index contributed by atoms with van der Waals surface area (Å²) in [6.07, 6.45) is 8.21. The van der Waals surface area contributed by atoms with Crippen molar-refractivity contribution in [2.45, 2.75) is 193 Å². The average molecular weight is 1680 g/mol. The van der Waals surface area contributed by atoms with Gasteiger partial charge in [0.1, 0.15) is 41.0 Å². The summed E-state index contributed by atoms with van der Waals surface area (Å²) in [5.41, 5.74) is 15.2. The summed E-state index contributed by atoms with van der Waals surface area (Å²) in [4.78, 5) is 48.9. The number of aliphatic hydroxyl groups is 5. The second-order valence-corrected chi connectivity index (χ2v) is 30.6. The summed E-state index contributed by atoms with van der Waals surface area (Å²) < 4.78 is 62.8. The van der Waals surface area contributed by atoms with Crippen molar-refractivity contribution in [1.29, 1.82) is 0 Å². The average Bonchev–Trinajstić information content (AvgIpc) is 1.63. The molecular weight excluding hydrogens is 1570 g/mol. The lowest BCUT2D eigenvalue weighted by atomic mass is 9.92. The summed E-state index contributed by atoms with van der Waals surface area (Å²) in [5.74, 6) is -0.0575. The van der Waals surface area contributed by atoms with Crippen molar-refractivity contribution >= 4 is 58.5 Å². The summed E-state index contributed by atoms with van der Waals surface area (Å²) in [6, 6.07) is 59.6. The van der Waals surface area contributed by atoms with E-state index in [4.69, 9.17) is 29.5 Å². The summed E-state index contributed by atoms with van der Waals surface area (Å²) in [5, 5.41) is 77.4. The molecule has 1 fully saturated rings. The molecule has 23 nitrogen and oxygen atoms in total. The van der Waals surface area contributed by atoms with Gasteiger partial charge in [-0.15, -0.1) is 0 Å². The number of para-hydroxylation sites is 3. The van der Waals surface area contributed by atoms with Crippen LogP contribution in [0, 0.1) is 17.5 Å². The molecule has 0 aliphatic carbocycles. The zero-order valence-electron chi connectivity index (χ0n) is 70.6. The molecule has 0 amide bonds. The van der Waals surface area contributed by atoms with Crippen LogP contribution in [0.15, 0.2) is 225 Å². The minimum atomic E-state index is -1.05. The molecule has 1 saturated heterocycles. The van der Waals surface area contributed by atoms with Crippen LogP contribution in [-0.4, -0.2) is 138 Å². The zero-order valence-corrected chi connectivity index (χ0v) is 70.6. The number of cyclic esters (lactones) is 1. The van der Waals surface area contributed by atoms with Crippen molar-refractivity contribution in [2.24, 2.45) is 0 Å². The molecule has 7 heterocycles. The van der Waals surface area contributed by atoms with Gasteiger partial charge in [-0.2, -0.15) is 15.3 Å². The van der Waals surface area contributed by atoms with Gasteiger partial charge in [0.25, 0.3) is 0 Å². The first-order valence-electron chi connectivity index (χ1n) is 42.1. The van der Waals surface area contributed by atoms with Crippen molar-refractivity contribution in [3.8, 4) is 50.8 Å². The van der Waals surface area contributed by atoms with E-state index in [9.17, 15) is 53.1 Å². The topological polar surface area (TPSA) is 308 Å². The van der Waals surface area contributed by atoms with Crippen LogP contribution >= 0.6 is 0 Å². The number of rotatable bonds is 36. The predicted octanol–water partition coefficient (Wildman–Crippen LogP) is 19.1. The molecule has 8 N–H and O–H groups in total. The van der Waals surface area contributed by atoms with Crippen LogP contribution in [0.2, 0.25) is 0 Å². The van der Waals surface area contributed by atoms with Gasteiger partial charge in [-0.3, -0.25) is 14.4 Å². The van der Waals surface area contributed by atoms with Crippen molar-refractivity contribution in [3.63, 3.8) is 0 Å². The molecule has 9 atom stereocenters. The van der Waals surface area contributed by atoms with E-state index in [-0.39, 0.29) is 92.6 Å². The maximum absolute atomic E-state index is 14.0. The summed E-state index contributed by atoms with van der Waals surface area (Å²) in [6.45, 7) is 16.5. The number of aromatic nitrogens is 9. The predicted molar refractivity (Wildman–Crippen MR) is 472 cm³/mol. The zero-order chi connectivity index (χ0) is 87.5. The van der Waals surface area contributed by atoms with Gasteiger partial charge in [-0.1, -0.05) is 108 Å². The first-order valence-corrected chi connectivity index (χ1v) is 42.1. The third-order valence-electron chi connectivity index (χ3n) is 21.3. The minimum Gasteiger partial charge on any atom is -0.466 e. The van der Waals surface area contributed by atoms with Crippen molar-refractivity contribution in [1.82, 2.24) is 44.3 Å². The van der Waals surface area contributed by atoms with Crippen LogP contribution in [-0.2, 0) is 41.4 Å². The minimum absolute atomic E-state index is 0.0349. The summed E-state index contributed by atoms with van der Waals surface area (Å²) in [7, 11) is 0. The van der Waals surface area contributed by atoms with E-state index in [1.54, 1.807) is 81.0 Å². The Kier molecular flexibility index (Phi) is 33.3. The SMILES string of the molecule is CCC(C)c1nn(-c2ccnc(Nc3ccccc3)c2)c(-c2ccc(F)cc2)c1CC[C@@H]1C[C@@H](O)CC(=O)O1.CCOC(=O)C[C@H](O)C[C@H](O)/C=C/c1c(C(C)CC)nn(-c2ccnc(Nc3ccccc3)c2)c1-c1ccc(F)cc1.CCOC(=O)C[C@H](O)C[C@H](O)CCc1c(C(C)CC)nn(-c2ccnc(Nc3ccccc3)c2)c1-c1ccc(F)cc1. The number of benzene rings is 6. The van der Waals surface area contributed by atoms with Crippen molar-refractivity contribution in [3.05, 3.63) is 276 Å². The van der Waals surface area contributed by atoms with Gasteiger partial charge in [0.05, 0.1) is 114 Å². The van der Waals surface area contributed by atoms with Crippen LogP contribution in [0.4, 0.5) is 47.7 Å². The van der Waals surface area contributed by atoms with Gasteiger partial charge >= 0.3 is 17.9 Å². The van der Waals surface area contributed by atoms with Gasteiger partial charge in [0, 0.05) is 118 Å². The number of anilines is 6. The summed E-state index contributed by atoms with van der Waals surface area (Å²) >= 11 is 0. The monoisotopic (exact) mass is 1670 g/mol. The van der Waals surface area contributed by atoms with Gasteiger partial charge < -0.3 is 55.7 Å². The number of hydrogen-bond donors (Lipinski definition) is 8. The first kappa shape index (κ1) is 91.3. The lowest BCUT2D eigenvalue weighted by molar-refractivity contribution is -0.160. The van der Waals surface area contributed by atoms with Crippen LogP contribution in [0.5, 0.6) is 0 Å². The number of esters is 3. The maximum Gasteiger partial charge on any atom is 0.308 e. The van der Waals surface area contributed by atoms with Gasteiger partial charge in [0.2, 0.25) is 0 Å². The Balaban J connectivity index is 0.000000180. The number of pyridine rings is 3. The van der Waals surface area contributed by atoms with E-state index < -0.39 is 42.5 Å². The van der Waals surface area contributed by atoms with E-state index in [2.05, 4.69) is 72.4 Å². The highest BCUT2D eigenvalue weighted by atomic mass is 19.1.